The van der Waals surface area contributed by atoms with Crippen LogP contribution in [0.4, 0.5) is 34.1 Å². The van der Waals surface area contributed by atoms with Crippen molar-refractivity contribution < 1.29 is 8.83 Å². The Balaban J connectivity index is 0.980. The highest BCUT2D eigenvalue weighted by Crippen LogP contribution is 2.43. The number of anilines is 6. The molecule has 0 saturated heterocycles. The first-order chi connectivity index (χ1) is 30.7. The van der Waals surface area contributed by atoms with Crippen molar-refractivity contribution in [1.82, 2.24) is 0 Å². The second kappa shape index (κ2) is 15.0. The summed E-state index contributed by atoms with van der Waals surface area (Å²) in [6, 6.07) is 62.7. The number of nitrogens with zero attached hydrogens (tertiary/aromatic N) is 3. The molecule has 5 nitrogen and oxygen atoms in total. The molecule has 11 rings (SSSR count). The third kappa shape index (κ3) is 6.72. The van der Waals surface area contributed by atoms with Gasteiger partial charge in [0.25, 0.3) is 0 Å². The second-order valence-electron chi connectivity index (χ2n) is 17.5. The van der Waals surface area contributed by atoms with Crippen molar-refractivity contribution in [1.29, 1.82) is 5.26 Å². The summed E-state index contributed by atoms with van der Waals surface area (Å²) < 4.78 is 13.3. The maximum absolute atomic E-state index is 9.50. The van der Waals surface area contributed by atoms with Gasteiger partial charge in [0.1, 0.15) is 22.3 Å². The molecular formula is C58H45N3O2. The molecule has 5 heteroatoms. The number of furan rings is 2. The number of hydrogen-bond donors (Lipinski definition) is 0. The van der Waals surface area contributed by atoms with Crippen LogP contribution in [-0.2, 0) is 0 Å². The molecule has 304 valence electrons. The van der Waals surface area contributed by atoms with Crippen molar-refractivity contribution in [3.8, 4) is 6.07 Å². The third-order valence-corrected chi connectivity index (χ3v) is 12.6. The Morgan fingerprint density at radius 3 is 1.13 bits per heavy atom. The van der Waals surface area contributed by atoms with Gasteiger partial charge >= 0.3 is 0 Å². The number of nitriles is 1. The van der Waals surface area contributed by atoms with E-state index in [0.717, 1.165) is 99.5 Å². The molecule has 0 fully saturated rings. The molecule has 0 atom stereocenters. The summed E-state index contributed by atoms with van der Waals surface area (Å²) in [5.74, 6) is 0.902. The van der Waals surface area contributed by atoms with Gasteiger partial charge in [-0.25, -0.2) is 0 Å². The zero-order chi connectivity index (χ0) is 42.9. The first-order valence-corrected chi connectivity index (χ1v) is 21.7. The Labute approximate surface area is 366 Å². The molecule has 0 aliphatic carbocycles. The van der Waals surface area contributed by atoms with Gasteiger partial charge < -0.3 is 18.6 Å². The van der Waals surface area contributed by atoms with E-state index in [1.807, 2.05) is 24.3 Å². The van der Waals surface area contributed by atoms with Crippen LogP contribution in [0.2, 0.25) is 0 Å². The molecule has 63 heavy (non-hydrogen) atoms. The maximum atomic E-state index is 9.50. The number of hydrogen-bond acceptors (Lipinski definition) is 5. The average Bonchev–Trinajstić information content (AvgIpc) is 3.83. The van der Waals surface area contributed by atoms with Crippen molar-refractivity contribution in [3.63, 3.8) is 0 Å². The zero-order valence-electron chi connectivity index (χ0n) is 36.0. The lowest BCUT2D eigenvalue weighted by atomic mass is 10.0. The molecule has 0 aliphatic heterocycles. The predicted octanol–water partition coefficient (Wildman–Crippen LogP) is 17.2. The van der Waals surface area contributed by atoms with Crippen LogP contribution in [0.25, 0.3) is 65.4 Å². The van der Waals surface area contributed by atoms with E-state index in [9.17, 15) is 5.26 Å². The maximum Gasteiger partial charge on any atom is 0.136 e. The highest BCUT2D eigenvalue weighted by Gasteiger charge is 2.19. The van der Waals surface area contributed by atoms with Crippen molar-refractivity contribution in [2.45, 2.75) is 46.5 Å². The van der Waals surface area contributed by atoms with Crippen LogP contribution in [0.1, 0.15) is 61.8 Å². The monoisotopic (exact) mass is 815 g/mol. The molecule has 0 bridgehead atoms. The molecule has 9 aromatic carbocycles. The lowest BCUT2D eigenvalue weighted by molar-refractivity contribution is 0.664. The summed E-state index contributed by atoms with van der Waals surface area (Å²) in [5.41, 5.74) is 14.2. The van der Waals surface area contributed by atoms with Crippen LogP contribution >= 0.6 is 0 Å². The summed E-state index contributed by atoms with van der Waals surface area (Å²) in [7, 11) is 0. The van der Waals surface area contributed by atoms with Gasteiger partial charge in [0.15, 0.2) is 0 Å². The molecular weight excluding hydrogens is 771 g/mol. The minimum atomic E-state index is 0.436. The lowest BCUT2D eigenvalue weighted by Crippen LogP contribution is -2.10. The standard InChI is InChI=1S/C58H45N3O2/c1-35(2)39-10-20-47(21-11-39)60(45-16-6-37(5)7-17-45)49-24-14-41-28-51-53-32-58-54(33-57(53)62-55(51)30-43(41)26-49)52-29-42-15-25-50(27-44(42)31-56(52)63-58)61(46-18-8-38(34-59)9-19-46)48-22-12-40(13-23-48)36(3)4/h6-33,35-36H,1-5H3. The average molecular weight is 816 g/mol. The van der Waals surface area contributed by atoms with E-state index in [-0.39, 0.29) is 0 Å². The van der Waals surface area contributed by atoms with Gasteiger partial charge in [-0.2, -0.15) is 5.26 Å². The van der Waals surface area contributed by atoms with E-state index in [1.54, 1.807) is 0 Å². The number of fused-ring (bicyclic) bond motifs is 8. The van der Waals surface area contributed by atoms with Gasteiger partial charge in [0, 0.05) is 55.7 Å². The van der Waals surface area contributed by atoms with Gasteiger partial charge in [-0.05, 0) is 173 Å². The van der Waals surface area contributed by atoms with Gasteiger partial charge in [-0.1, -0.05) is 81.8 Å². The summed E-state index contributed by atoms with van der Waals surface area (Å²) in [5, 5.41) is 18.1. The second-order valence-corrected chi connectivity index (χ2v) is 17.5. The first-order valence-electron chi connectivity index (χ1n) is 21.7. The molecule has 0 spiro atoms. The Bertz CT molecular complexity index is 3570. The van der Waals surface area contributed by atoms with E-state index < -0.39 is 0 Å². The van der Waals surface area contributed by atoms with Crippen LogP contribution in [0.3, 0.4) is 0 Å². The first kappa shape index (κ1) is 38.1. The largest absolute Gasteiger partial charge is 0.456 e. The fourth-order valence-corrected chi connectivity index (χ4v) is 9.07. The Morgan fingerprint density at radius 1 is 0.381 bits per heavy atom. The highest BCUT2D eigenvalue weighted by atomic mass is 16.3. The van der Waals surface area contributed by atoms with Crippen LogP contribution in [0, 0.1) is 18.3 Å². The van der Waals surface area contributed by atoms with E-state index in [2.05, 4.69) is 196 Å². The Morgan fingerprint density at radius 2 is 0.730 bits per heavy atom. The molecule has 2 heterocycles. The predicted molar refractivity (Wildman–Crippen MR) is 263 cm³/mol. The van der Waals surface area contributed by atoms with Crippen molar-refractivity contribution in [2.24, 2.45) is 0 Å². The number of benzene rings is 9. The Hall–Kier alpha value is -7.81. The van der Waals surface area contributed by atoms with Crippen LogP contribution in [-0.4, -0.2) is 0 Å². The quantitative estimate of drug-likeness (QED) is 0.153. The van der Waals surface area contributed by atoms with Crippen molar-refractivity contribution >= 4 is 99.5 Å². The topological polar surface area (TPSA) is 56.6 Å². The van der Waals surface area contributed by atoms with Crippen molar-refractivity contribution in [3.05, 3.63) is 192 Å². The van der Waals surface area contributed by atoms with E-state index in [1.165, 1.54) is 16.7 Å². The molecule has 0 saturated carbocycles. The summed E-state index contributed by atoms with van der Waals surface area (Å²) in [4.78, 5) is 4.56. The summed E-state index contributed by atoms with van der Waals surface area (Å²) in [6.45, 7) is 11.0. The zero-order valence-corrected chi connectivity index (χ0v) is 36.0. The smallest absolute Gasteiger partial charge is 0.136 e. The number of aryl methyl sites for hydroxylation is 1. The molecule has 0 aliphatic rings. The molecule has 0 amide bonds. The normalized spacial score (nSPS) is 11.8. The Kier molecular flexibility index (Phi) is 9.06. The van der Waals surface area contributed by atoms with E-state index in [4.69, 9.17) is 8.83 Å². The van der Waals surface area contributed by atoms with Crippen LogP contribution in [0.5, 0.6) is 0 Å². The molecule has 2 aromatic heterocycles. The minimum absolute atomic E-state index is 0.436. The molecule has 0 unspecified atom stereocenters. The fraction of sp³-hybridized carbons (Fsp3) is 0.121. The molecule has 0 N–H and O–H groups in total. The molecule has 11 aromatic rings. The summed E-state index contributed by atoms with van der Waals surface area (Å²) in [6.07, 6.45) is 0. The van der Waals surface area contributed by atoms with Gasteiger partial charge in [0.2, 0.25) is 0 Å². The van der Waals surface area contributed by atoms with Gasteiger partial charge in [0.05, 0.1) is 11.6 Å². The van der Waals surface area contributed by atoms with Crippen LogP contribution in [0.15, 0.2) is 179 Å². The van der Waals surface area contributed by atoms with E-state index in [0.29, 0.717) is 17.4 Å². The minimum Gasteiger partial charge on any atom is -0.456 e. The fourth-order valence-electron chi connectivity index (χ4n) is 9.07. The summed E-state index contributed by atoms with van der Waals surface area (Å²) >= 11 is 0. The highest BCUT2D eigenvalue weighted by molar-refractivity contribution is 6.18. The molecule has 0 radical (unpaired) electrons. The van der Waals surface area contributed by atoms with Crippen molar-refractivity contribution in [2.75, 3.05) is 9.80 Å². The SMILES string of the molecule is Cc1ccc(N(c2ccc(C(C)C)cc2)c2ccc3cc4c(cc3c2)oc2cc3c(cc24)oc2cc4cc(N(c5ccc(C#N)cc5)c5ccc(C(C)C)cc5)ccc4cc23)cc1. The van der Waals surface area contributed by atoms with Crippen LogP contribution < -0.4 is 9.80 Å². The third-order valence-electron chi connectivity index (χ3n) is 12.6. The van der Waals surface area contributed by atoms with Gasteiger partial charge in [-0.15, -0.1) is 0 Å². The number of rotatable bonds is 8. The van der Waals surface area contributed by atoms with Gasteiger partial charge in [-0.3, -0.25) is 0 Å². The van der Waals surface area contributed by atoms with E-state index >= 15 is 0 Å². The lowest BCUT2D eigenvalue weighted by Gasteiger charge is -2.26.